The normalized spacial score (nSPS) is 11.2. The van der Waals surface area contributed by atoms with Crippen LogP contribution >= 0.6 is 0 Å². The second kappa shape index (κ2) is 6.92. The number of ether oxygens (including phenoxy) is 1. The van der Waals surface area contributed by atoms with Gasteiger partial charge in [-0.2, -0.15) is 0 Å². The molecule has 24 heavy (non-hydrogen) atoms. The van der Waals surface area contributed by atoms with Crippen LogP contribution in [-0.2, 0) is 9.84 Å². The molecule has 0 saturated carbocycles. The van der Waals surface area contributed by atoms with Crippen molar-refractivity contribution in [1.29, 1.82) is 0 Å². The fourth-order valence-corrected chi connectivity index (χ4v) is 3.65. The molecular formula is C17H18O6S. The molecule has 0 unspecified atom stereocenters. The van der Waals surface area contributed by atoms with Gasteiger partial charge in [-0.15, -0.1) is 0 Å². The molecule has 0 aliphatic carbocycles. The van der Waals surface area contributed by atoms with Crippen LogP contribution in [0.15, 0.2) is 41.3 Å². The lowest BCUT2D eigenvalue weighted by molar-refractivity contribution is 0.0693. The number of carbonyl (C=O) groups is 1. The van der Waals surface area contributed by atoms with Crippen LogP contribution in [0.1, 0.15) is 21.5 Å². The first-order chi connectivity index (χ1) is 11.2. The van der Waals surface area contributed by atoms with Gasteiger partial charge in [0.1, 0.15) is 23.7 Å². The van der Waals surface area contributed by atoms with E-state index in [9.17, 15) is 18.3 Å². The van der Waals surface area contributed by atoms with Crippen molar-refractivity contribution in [2.45, 2.75) is 18.7 Å². The van der Waals surface area contributed by atoms with Gasteiger partial charge >= 0.3 is 5.97 Å². The Bertz CT molecular complexity index is 871. The Hall–Kier alpha value is -2.54. The van der Waals surface area contributed by atoms with Gasteiger partial charge in [0.15, 0.2) is 9.84 Å². The molecule has 0 heterocycles. The average Bonchev–Trinajstić information content (AvgIpc) is 2.51. The Morgan fingerprint density at radius 3 is 2.42 bits per heavy atom. The fraction of sp³-hybridized carbons (Fsp3) is 0.235. The summed E-state index contributed by atoms with van der Waals surface area (Å²) >= 11 is 0. The summed E-state index contributed by atoms with van der Waals surface area (Å²) in [4.78, 5) is 11.2. The van der Waals surface area contributed by atoms with E-state index in [1.54, 1.807) is 31.2 Å². The van der Waals surface area contributed by atoms with Gasteiger partial charge in [-0.1, -0.05) is 18.2 Å². The summed E-state index contributed by atoms with van der Waals surface area (Å²) in [6, 6.07) is 9.31. The van der Waals surface area contributed by atoms with Gasteiger partial charge in [-0.25, -0.2) is 13.2 Å². The van der Waals surface area contributed by atoms with Crippen LogP contribution in [0.4, 0.5) is 0 Å². The average molecular weight is 350 g/mol. The topological polar surface area (TPSA) is 101 Å². The molecule has 2 aromatic carbocycles. The van der Waals surface area contributed by atoms with E-state index in [1.165, 1.54) is 19.1 Å². The Kier molecular flexibility index (Phi) is 5.14. The maximum Gasteiger partial charge on any atom is 0.339 e. The summed E-state index contributed by atoms with van der Waals surface area (Å²) in [5, 5.41) is 18.8. The fourth-order valence-electron chi connectivity index (χ4n) is 2.29. The first-order valence-corrected chi connectivity index (χ1v) is 8.86. The zero-order valence-corrected chi connectivity index (χ0v) is 14.1. The van der Waals surface area contributed by atoms with Crippen LogP contribution in [0.2, 0.25) is 0 Å². The Morgan fingerprint density at radius 2 is 1.79 bits per heavy atom. The standard InChI is InChI=1S/C17H18O6S/c1-11-5-3-4-6-15(11)24(21,22)10-9-23-14-8-7-13(17(19)20)16(18)12(14)2/h3-8,18H,9-10H2,1-2H3,(H,19,20). The van der Waals surface area contributed by atoms with Crippen LogP contribution in [0.5, 0.6) is 11.5 Å². The first kappa shape index (κ1) is 17.8. The minimum absolute atomic E-state index is 0.108. The van der Waals surface area contributed by atoms with Crippen molar-refractivity contribution in [2.24, 2.45) is 0 Å². The summed E-state index contributed by atoms with van der Waals surface area (Å²) in [5.74, 6) is -1.61. The number of aryl methyl sites for hydroxylation is 1. The summed E-state index contributed by atoms with van der Waals surface area (Å²) in [7, 11) is -3.49. The molecule has 0 bridgehead atoms. The van der Waals surface area contributed by atoms with Gasteiger partial charge in [0, 0.05) is 5.56 Å². The van der Waals surface area contributed by atoms with Crippen molar-refractivity contribution in [3.8, 4) is 11.5 Å². The van der Waals surface area contributed by atoms with E-state index < -0.39 is 15.8 Å². The molecule has 0 aliphatic rings. The van der Waals surface area contributed by atoms with E-state index in [4.69, 9.17) is 9.84 Å². The highest BCUT2D eigenvalue weighted by Crippen LogP contribution is 2.30. The van der Waals surface area contributed by atoms with Gasteiger partial charge in [-0.05, 0) is 37.6 Å². The monoisotopic (exact) mass is 350 g/mol. The molecule has 0 spiro atoms. The predicted octanol–water partition coefficient (Wildman–Crippen LogP) is 2.56. The third-order valence-corrected chi connectivity index (χ3v) is 5.48. The zero-order valence-electron chi connectivity index (χ0n) is 13.3. The highest BCUT2D eigenvalue weighted by molar-refractivity contribution is 7.91. The number of phenols is 1. The number of hydrogen-bond donors (Lipinski definition) is 2. The zero-order chi connectivity index (χ0) is 17.9. The van der Waals surface area contributed by atoms with Crippen LogP contribution < -0.4 is 4.74 Å². The molecule has 2 N–H and O–H groups in total. The summed E-state index contributed by atoms with van der Waals surface area (Å²) in [6.07, 6.45) is 0. The van der Waals surface area contributed by atoms with E-state index in [-0.39, 0.29) is 39.9 Å². The number of aromatic carboxylic acids is 1. The lowest BCUT2D eigenvalue weighted by atomic mass is 10.1. The number of aromatic hydroxyl groups is 1. The summed E-state index contributed by atoms with van der Waals surface area (Å²) in [5.41, 5.74) is 0.688. The van der Waals surface area contributed by atoms with Crippen LogP contribution in [0.3, 0.4) is 0 Å². The largest absolute Gasteiger partial charge is 0.507 e. The number of benzene rings is 2. The second-order valence-corrected chi connectivity index (χ2v) is 7.40. The van der Waals surface area contributed by atoms with E-state index in [0.717, 1.165) is 0 Å². The van der Waals surface area contributed by atoms with Crippen LogP contribution in [-0.4, -0.2) is 37.0 Å². The number of hydrogen-bond acceptors (Lipinski definition) is 5. The SMILES string of the molecule is Cc1ccccc1S(=O)(=O)CCOc1ccc(C(=O)O)c(O)c1C. The van der Waals surface area contributed by atoms with Crippen LogP contribution in [0, 0.1) is 13.8 Å². The van der Waals surface area contributed by atoms with Gasteiger partial charge in [-0.3, -0.25) is 0 Å². The van der Waals surface area contributed by atoms with Crippen molar-refractivity contribution in [1.82, 2.24) is 0 Å². The molecule has 128 valence electrons. The number of sulfone groups is 1. The van der Waals surface area contributed by atoms with Crippen molar-refractivity contribution in [2.75, 3.05) is 12.4 Å². The van der Waals surface area contributed by atoms with Crippen LogP contribution in [0.25, 0.3) is 0 Å². The van der Waals surface area contributed by atoms with Crippen molar-refractivity contribution >= 4 is 15.8 Å². The third-order valence-electron chi connectivity index (χ3n) is 3.65. The minimum atomic E-state index is -3.49. The molecule has 0 atom stereocenters. The molecule has 2 aromatic rings. The minimum Gasteiger partial charge on any atom is -0.507 e. The van der Waals surface area contributed by atoms with Gasteiger partial charge < -0.3 is 14.9 Å². The van der Waals surface area contributed by atoms with E-state index in [2.05, 4.69) is 0 Å². The number of carboxylic acids is 1. The van der Waals surface area contributed by atoms with Crippen molar-refractivity contribution < 1.29 is 28.2 Å². The molecule has 0 amide bonds. The van der Waals surface area contributed by atoms with Gasteiger partial charge in [0.25, 0.3) is 0 Å². The Balaban J connectivity index is 2.11. The maximum atomic E-state index is 12.3. The van der Waals surface area contributed by atoms with Crippen molar-refractivity contribution in [3.05, 3.63) is 53.1 Å². The molecular weight excluding hydrogens is 332 g/mol. The lowest BCUT2D eigenvalue weighted by Crippen LogP contribution is -2.15. The van der Waals surface area contributed by atoms with E-state index >= 15 is 0 Å². The summed E-state index contributed by atoms with van der Waals surface area (Å²) < 4.78 is 30.1. The maximum absolute atomic E-state index is 12.3. The highest BCUT2D eigenvalue weighted by atomic mass is 32.2. The number of rotatable bonds is 6. The van der Waals surface area contributed by atoms with E-state index in [1.807, 2.05) is 0 Å². The molecule has 0 fully saturated rings. The first-order valence-electron chi connectivity index (χ1n) is 7.21. The smallest absolute Gasteiger partial charge is 0.339 e. The molecule has 0 radical (unpaired) electrons. The third kappa shape index (κ3) is 3.68. The highest BCUT2D eigenvalue weighted by Gasteiger charge is 2.18. The predicted molar refractivity (Wildman–Crippen MR) is 88.5 cm³/mol. The summed E-state index contributed by atoms with van der Waals surface area (Å²) in [6.45, 7) is 3.12. The molecule has 2 rings (SSSR count). The number of carboxylic acid groups (broad SMARTS) is 1. The molecule has 7 heteroatoms. The Morgan fingerprint density at radius 1 is 1.12 bits per heavy atom. The molecule has 6 nitrogen and oxygen atoms in total. The lowest BCUT2D eigenvalue weighted by Gasteiger charge is -2.12. The quantitative estimate of drug-likeness (QED) is 0.830. The van der Waals surface area contributed by atoms with Gasteiger partial charge in [0.2, 0.25) is 0 Å². The molecule has 0 saturated heterocycles. The Labute approximate surface area is 140 Å². The second-order valence-electron chi connectivity index (χ2n) is 5.32. The molecule has 0 aliphatic heterocycles. The van der Waals surface area contributed by atoms with Crippen molar-refractivity contribution in [3.63, 3.8) is 0 Å². The van der Waals surface area contributed by atoms with E-state index in [0.29, 0.717) is 5.56 Å². The van der Waals surface area contributed by atoms with Gasteiger partial charge in [0.05, 0.1) is 10.6 Å². The molecule has 0 aromatic heterocycles.